The maximum atomic E-state index is 11.4. The lowest BCUT2D eigenvalue weighted by atomic mass is 10.1. The summed E-state index contributed by atoms with van der Waals surface area (Å²) >= 11 is 0. The molecule has 1 saturated heterocycles. The van der Waals surface area contributed by atoms with Crippen LogP contribution in [-0.4, -0.2) is 50.3 Å². The Bertz CT molecular complexity index is 501. The van der Waals surface area contributed by atoms with Crippen LogP contribution in [0.4, 0.5) is 0 Å². The summed E-state index contributed by atoms with van der Waals surface area (Å²) in [5.41, 5.74) is 1.31. The smallest absolute Gasteiger partial charge is 0.245 e. The number of likely N-dealkylation sites (tertiary alicyclic amines) is 1. The Labute approximate surface area is 145 Å². The zero-order valence-electron chi connectivity index (χ0n) is 14.9. The van der Waals surface area contributed by atoms with Gasteiger partial charge in [0.1, 0.15) is 12.4 Å². The lowest BCUT2D eigenvalue weighted by molar-refractivity contribution is -0.125. The highest BCUT2D eigenvalue weighted by Crippen LogP contribution is 2.26. The van der Waals surface area contributed by atoms with Gasteiger partial charge >= 0.3 is 0 Å². The molecule has 1 amide bonds. The van der Waals surface area contributed by atoms with E-state index in [1.165, 1.54) is 31.5 Å². The van der Waals surface area contributed by atoms with Crippen LogP contribution in [0.15, 0.2) is 24.3 Å². The van der Waals surface area contributed by atoms with Gasteiger partial charge in [-0.2, -0.15) is 0 Å². The molecule has 0 saturated carbocycles. The van der Waals surface area contributed by atoms with E-state index < -0.39 is 0 Å². The van der Waals surface area contributed by atoms with Gasteiger partial charge in [0.15, 0.2) is 0 Å². The van der Waals surface area contributed by atoms with E-state index in [9.17, 15) is 4.79 Å². The second-order valence-corrected chi connectivity index (χ2v) is 6.18. The number of carbonyl (C=O) groups is 1. The Hall–Kier alpha value is -1.59. The van der Waals surface area contributed by atoms with Crippen molar-refractivity contribution in [3.8, 4) is 5.75 Å². The number of nitrogens with one attached hydrogen (secondary N) is 1. The Balaban J connectivity index is 1.69. The van der Waals surface area contributed by atoms with Gasteiger partial charge in [-0.25, -0.2) is 0 Å². The maximum absolute atomic E-state index is 11.4. The van der Waals surface area contributed by atoms with Crippen LogP contribution in [0.3, 0.4) is 0 Å². The zero-order chi connectivity index (χ0) is 17.2. The molecule has 1 aromatic rings. The van der Waals surface area contributed by atoms with Crippen molar-refractivity contribution < 1.29 is 14.3 Å². The van der Waals surface area contributed by atoms with Crippen molar-refractivity contribution in [3.63, 3.8) is 0 Å². The highest BCUT2D eigenvalue weighted by atomic mass is 16.5. The molecule has 0 radical (unpaired) electrons. The Morgan fingerprint density at radius 3 is 2.88 bits per heavy atom. The number of carbonyl (C=O) groups excluding carboxylic acids is 1. The first-order chi connectivity index (χ1) is 11.7. The van der Waals surface area contributed by atoms with Gasteiger partial charge in [-0.3, -0.25) is 9.69 Å². The quantitative estimate of drug-likeness (QED) is 0.669. The molecule has 0 aromatic heterocycles. The second-order valence-electron chi connectivity index (χ2n) is 6.18. The minimum atomic E-state index is -0.0710. The highest BCUT2D eigenvalue weighted by molar-refractivity contribution is 5.77. The summed E-state index contributed by atoms with van der Waals surface area (Å²) in [4.78, 5) is 13.9. The van der Waals surface area contributed by atoms with Gasteiger partial charge in [-0.15, -0.1) is 0 Å². The molecule has 5 nitrogen and oxygen atoms in total. The number of ether oxygens (including phenoxy) is 2. The van der Waals surface area contributed by atoms with Crippen LogP contribution >= 0.6 is 0 Å². The molecule has 24 heavy (non-hydrogen) atoms. The summed E-state index contributed by atoms with van der Waals surface area (Å²) in [6.07, 6.45) is 3.38. The Kier molecular flexibility index (Phi) is 8.05. The standard InChI is InChI=1S/C19H30N2O3/c1-3-23-15-19(22)20-10-7-13-24-18-9-6-8-17(14-18)16(2)21-11-4-5-12-21/h6,8-9,14,16H,3-5,7,10-13,15H2,1-2H3,(H,20,22). The molecule has 0 bridgehead atoms. The SMILES string of the molecule is CCOCC(=O)NCCCOc1cccc(C(C)N2CCCC2)c1. The van der Waals surface area contributed by atoms with E-state index in [0.29, 0.717) is 25.8 Å². The van der Waals surface area contributed by atoms with Gasteiger partial charge < -0.3 is 14.8 Å². The molecule has 0 aliphatic carbocycles. The topological polar surface area (TPSA) is 50.8 Å². The van der Waals surface area contributed by atoms with E-state index in [4.69, 9.17) is 9.47 Å². The molecule has 1 fully saturated rings. The molecule has 1 heterocycles. The van der Waals surface area contributed by atoms with Crippen LogP contribution in [0.25, 0.3) is 0 Å². The minimum absolute atomic E-state index is 0.0710. The number of benzene rings is 1. The lowest BCUT2D eigenvalue weighted by Crippen LogP contribution is -2.29. The minimum Gasteiger partial charge on any atom is -0.494 e. The van der Waals surface area contributed by atoms with Crippen molar-refractivity contribution in [3.05, 3.63) is 29.8 Å². The average molecular weight is 334 g/mol. The van der Waals surface area contributed by atoms with Crippen LogP contribution < -0.4 is 10.1 Å². The molecule has 1 atom stereocenters. The fraction of sp³-hybridized carbons (Fsp3) is 0.632. The molecule has 2 rings (SSSR count). The first kappa shape index (κ1) is 18.7. The molecule has 1 N–H and O–H groups in total. The van der Waals surface area contributed by atoms with Crippen molar-refractivity contribution in [2.45, 2.75) is 39.2 Å². The van der Waals surface area contributed by atoms with Crippen LogP contribution in [-0.2, 0) is 9.53 Å². The fourth-order valence-corrected chi connectivity index (χ4v) is 2.94. The molecule has 0 spiro atoms. The number of rotatable bonds is 10. The summed E-state index contributed by atoms with van der Waals surface area (Å²) in [5.74, 6) is 0.831. The molecular weight excluding hydrogens is 304 g/mol. The van der Waals surface area contributed by atoms with Crippen molar-refractivity contribution in [1.29, 1.82) is 0 Å². The molecule has 1 aliphatic heterocycles. The summed E-state index contributed by atoms with van der Waals surface area (Å²) in [5, 5.41) is 2.82. The maximum Gasteiger partial charge on any atom is 0.245 e. The highest BCUT2D eigenvalue weighted by Gasteiger charge is 2.19. The Morgan fingerprint density at radius 1 is 1.33 bits per heavy atom. The number of nitrogens with zero attached hydrogens (tertiary/aromatic N) is 1. The zero-order valence-corrected chi connectivity index (χ0v) is 14.9. The number of amides is 1. The van der Waals surface area contributed by atoms with Crippen molar-refractivity contribution in [1.82, 2.24) is 10.2 Å². The Morgan fingerprint density at radius 2 is 2.12 bits per heavy atom. The van der Waals surface area contributed by atoms with E-state index in [2.05, 4.69) is 35.3 Å². The van der Waals surface area contributed by atoms with Gasteiger partial charge in [0, 0.05) is 19.2 Å². The largest absolute Gasteiger partial charge is 0.494 e. The monoisotopic (exact) mass is 334 g/mol. The van der Waals surface area contributed by atoms with E-state index >= 15 is 0 Å². The van der Waals surface area contributed by atoms with E-state index in [1.54, 1.807) is 0 Å². The molecule has 134 valence electrons. The van der Waals surface area contributed by atoms with Gasteiger partial charge in [0.25, 0.3) is 0 Å². The van der Waals surface area contributed by atoms with Gasteiger partial charge in [-0.05, 0) is 63.9 Å². The third-order valence-electron chi connectivity index (χ3n) is 4.38. The van der Waals surface area contributed by atoms with Crippen molar-refractivity contribution >= 4 is 5.91 Å². The molecule has 1 aromatic carbocycles. The van der Waals surface area contributed by atoms with Crippen LogP contribution in [0.1, 0.15) is 44.7 Å². The van der Waals surface area contributed by atoms with Crippen LogP contribution in [0.5, 0.6) is 5.75 Å². The van der Waals surface area contributed by atoms with Gasteiger partial charge in [0.05, 0.1) is 6.61 Å². The number of hydrogen-bond acceptors (Lipinski definition) is 4. The lowest BCUT2D eigenvalue weighted by Gasteiger charge is -2.24. The van der Waals surface area contributed by atoms with Crippen LogP contribution in [0, 0.1) is 0 Å². The number of hydrogen-bond donors (Lipinski definition) is 1. The summed E-state index contributed by atoms with van der Waals surface area (Å²) in [6.45, 7) is 8.41. The van der Waals surface area contributed by atoms with E-state index in [-0.39, 0.29) is 12.5 Å². The summed E-state index contributed by atoms with van der Waals surface area (Å²) < 4.78 is 10.9. The van der Waals surface area contributed by atoms with Crippen molar-refractivity contribution in [2.24, 2.45) is 0 Å². The fourth-order valence-electron chi connectivity index (χ4n) is 2.94. The predicted molar refractivity (Wildman–Crippen MR) is 95.3 cm³/mol. The van der Waals surface area contributed by atoms with Gasteiger partial charge in [-0.1, -0.05) is 12.1 Å². The first-order valence-corrected chi connectivity index (χ1v) is 9.02. The van der Waals surface area contributed by atoms with Gasteiger partial charge in [0.2, 0.25) is 5.91 Å². The molecule has 1 unspecified atom stereocenters. The molecular formula is C19H30N2O3. The predicted octanol–water partition coefficient (Wildman–Crippen LogP) is 2.77. The van der Waals surface area contributed by atoms with E-state index in [0.717, 1.165) is 12.2 Å². The molecule has 1 aliphatic rings. The normalized spacial score (nSPS) is 16.1. The van der Waals surface area contributed by atoms with Crippen molar-refractivity contribution in [2.75, 3.05) is 39.5 Å². The summed E-state index contributed by atoms with van der Waals surface area (Å²) in [6, 6.07) is 8.80. The molecule has 5 heteroatoms. The van der Waals surface area contributed by atoms with Crippen LogP contribution in [0.2, 0.25) is 0 Å². The first-order valence-electron chi connectivity index (χ1n) is 9.02. The second kappa shape index (κ2) is 10.3. The summed E-state index contributed by atoms with van der Waals surface area (Å²) in [7, 11) is 0. The third-order valence-corrected chi connectivity index (χ3v) is 4.38. The average Bonchev–Trinajstić information content (AvgIpc) is 3.14. The van der Waals surface area contributed by atoms with E-state index in [1.807, 2.05) is 13.0 Å². The third kappa shape index (κ3) is 6.13.